The molecule has 0 spiro atoms. The first-order chi connectivity index (χ1) is 4.72. The fourth-order valence-electron chi connectivity index (χ4n) is 3.53. The SMILES string of the molecule is CC12CCC(C1)C1[C](=[Ti+2])C12. The normalized spacial score (nSPS) is 63.1. The van der Waals surface area contributed by atoms with Gasteiger partial charge in [0.1, 0.15) is 0 Å². The van der Waals surface area contributed by atoms with Crippen molar-refractivity contribution in [2.45, 2.75) is 26.2 Å². The second-order valence-electron chi connectivity index (χ2n) is 4.62. The average Bonchev–Trinajstić information content (AvgIpc) is 2.37. The van der Waals surface area contributed by atoms with Gasteiger partial charge in [-0.2, -0.15) is 0 Å². The van der Waals surface area contributed by atoms with Crippen molar-refractivity contribution >= 4 is 3.81 Å². The van der Waals surface area contributed by atoms with Crippen LogP contribution in [0.3, 0.4) is 0 Å². The molecule has 0 N–H and O–H groups in total. The van der Waals surface area contributed by atoms with Gasteiger partial charge in [0.15, 0.2) is 0 Å². The van der Waals surface area contributed by atoms with Crippen LogP contribution in [0.1, 0.15) is 26.2 Å². The molecule has 3 aliphatic carbocycles. The fraction of sp³-hybridized carbons (Fsp3) is 0.889. The molecular weight excluding hydrogens is 156 g/mol. The summed E-state index contributed by atoms with van der Waals surface area (Å²) in [5, 5.41) is 0. The minimum atomic E-state index is 0.777. The Morgan fingerprint density at radius 1 is 1.60 bits per heavy atom. The minimum absolute atomic E-state index is 0.777. The Bertz CT molecular complexity index is 221. The predicted octanol–water partition coefficient (Wildman–Crippen LogP) is 1.77. The van der Waals surface area contributed by atoms with Crippen molar-refractivity contribution in [1.82, 2.24) is 0 Å². The van der Waals surface area contributed by atoms with Gasteiger partial charge in [0.25, 0.3) is 0 Å². The monoisotopic (exact) mass is 168 g/mol. The van der Waals surface area contributed by atoms with Gasteiger partial charge in [0, 0.05) is 0 Å². The molecule has 4 unspecified atom stereocenters. The molecule has 2 bridgehead atoms. The Kier molecular flexibility index (Phi) is 0.931. The molecule has 3 aliphatic rings. The zero-order valence-corrected chi connectivity index (χ0v) is 7.91. The Labute approximate surface area is 73.3 Å². The van der Waals surface area contributed by atoms with Gasteiger partial charge in [-0.25, -0.2) is 0 Å². The van der Waals surface area contributed by atoms with Crippen LogP contribution in [0.2, 0.25) is 0 Å². The molecule has 0 aliphatic heterocycles. The van der Waals surface area contributed by atoms with Crippen LogP contribution in [0, 0.1) is 23.2 Å². The molecule has 1 heteroatoms. The zero-order chi connectivity index (χ0) is 6.93. The first-order valence-corrected chi connectivity index (χ1v) is 5.09. The molecular formula is C9H12Ti+2. The van der Waals surface area contributed by atoms with E-state index in [1.165, 1.54) is 12.8 Å². The third-order valence-electron chi connectivity index (χ3n) is 4.02. The summed E-state index contributed by atoms with van der Waals surface area (Å²) < 4.78 is 1.84. The van der Waals surface area contributed by atoms with E-state index in [1.807, 2.05) is 3.81 Å². The van der Waals surface area contributed by atoms with E-state index in [4.69, 9.17) is 0 Å². The van der Waals surface area contributed by atoms with Crippen LogP contribution in [-0.4, -0.2) is 3.81 Å². The third kappa shape index (κ3) is 0.495. The molecule has 0 radical (unpaired) electrons. The van der Waals surface area contributed by atoms with Gasteiger partial charge in [-0.1, -0.05) is 0 Å². The quantitative estimate of drug-likeness (QED) is 0.483. The van der Waals surface area contributed by atoms with E-state index in [-0.39, 0.29) is 0 Å². The maximum absolute atomic E-state index is 2.51. The summed E-state index contributed by atoms with van der Waals surface area (Å²) in [4.78, 5) is 0. The Hall–Kier alpha value is 0.584. The van der Waals surface area contributed by atoms with E-state index in [9.17, 15) is 0 Å². The number of hydrogen-bond acceptors (Lipinski definition) is 0. The van der Waals surface area contributed by atoms with E-state index in [2.05, 4.69) is 26.9 Å². The van der Waals surface area contributed by atoms with Crippen LogP contribution in [0.5, 0.6) is 0 Å². The molecule has 3 saturated carbocycles. The van der Waals surface area contributed by atoms with Crippen molar-refractivity contribution in [3.05, 3.63) is 0 Å². The van der Waals surface area contributed by atoms with Gasteiger partial charge in [-0.3, -0.25) is 0 Å². The Balaban J connectivity index is 2.08. The van der Waals surface area contributed by atoms with E-state index in [1.54, 1.807) is 6.42 Å². The van der Waals surface area contributed by atoms with E-state index in [0.29, 0.717) is 0 Å². The number of rotatable bonds is 0. The first kappa shape index (κ1) is 6.14. The average molecular weight is 168 g/mol. The fourth-order valence-corrected chi connectivity index (χ4v) is 4.85. The van der Waals surface area contributed by atoms with Crippen molar-refractivity contribution in [3.63, 3.8) is 0 Å². The molecule has 0 heterocycles. The van der Waals surface area contributed by atoms with Crippen LogP contribution >= 0.6 is 0 Å². The summed E-state index contributed by atoms with van der Waals surface area (Å²) in [6.07, 6.45) is 4.62. The predicted molar refractivity (Wildman–Crippen MR) is 37.4 cm³/mol. The van der Waals surface area contributed by atoms with Gasteiger partial charge in [-0.15, -0.1) is 0 Å². The molecule has 0 nitrogen and oxygen atoms in total. The van der Waals surface area contributed by atoms with Crippen LogP contribution in [0.4, 0.5) is 0 Å². The Morgan fingerprint density at radius 2 is 2.40 bits per heavy atom. The summed E-state index contributed by atoms with van der Waals surface area (Å²) in [6, 6.07) is 0. The van der Waals surface area contributed by atoms with E-state index >= 15 is 0 Å². The van der Waals surface area contributed by atoms with E-state index < -0.39 is 0 Å². The van der Waals surface area contributed by atoms with Crippen molar-refractivity contribution in [2.24, 2.45) is 23.2 Å². The van der Waals surface area contributed by atoms with Crippen LogP contribution in [-0.2, 0) is 20.0 Å². The number of fused-ring (bicyclic) bond motifs is 5. The van der Waals surface area contributed by atoms with Gasteiger partial charge in [-0.05, 0) is 0 Å². The standard InChI is InChI=1S/C9H12.Ti/c1-9-3-2-6(5-9)7-4-8(7)9;/h6-8H,2-3,5H2,1H3;/q;+2. The van der Waals surface area contributed by atoms with Gasteiger partial charge >= 0.3 is 73.1 Å². The third-order valence-corrected chi connectivity index (χ3v) is 5.02. The molecule has 0 aromatic rings. The van der Waals surface area contributed by atoms with E-state index in [0.717, 1.165) is 23.2 Å². The molecule has 0 aromatic carbocycles. The second-order valence-corrected chi connectivity index (χ2v) is 5.52. The molecule has 0 saturated heterocycles. The molecule has 10 heavy (non-hydrogen) atoms. The van der Waals surface area contributed by atoms with Gasteiger partial charge in [0.2, 0.25) is 0 Å². The Morgan fingerprint density at radius 3 is 2.90 bits per heavy atom. The maximum atomic E-state index is 2.51. The molecule has 3 fully saturated rings. The van der Waals surface area contributed by atoms with Crippen LogP contribution < -0.4 is 0 Å². The van der Waals surface area contributed by atoms with Crippen molar-refractivity contribution < 1.29 is 20.0 Å². The van der Waals surface area contributed by atoms with Crippen molar-refractivity contribution in [3.8, 4) is 0 Å². The molecule has 50 valence electrons. The summed E-state index contributed by atoms with van der Waals surface area (Å²) in [5.74, 6) is 3.29. The van der Waals surface area contributed by atoms with Gasteiger partial charge < -0.3 is 0 Å². The summed E-state index contributed by atoms with van der Waals surface area (Å²) in [6.45, 7) is 2.51. The van der Waals surface area contributed by atoms with Crippen LogP contribution in [0.15, 0.2) is 0 Å². The zero-order valence-electron chi connectivity index (χ0n) is 6.35. The molecule has 4 atom stereocenters. The van der Waals surface area contributed by atoms with Crippen molar-refractivity contribution in [1.29, 1.82) is 0 Å². The molecule has 3 rings (SSSR count). The number of hydrogen-bond donors (Lipinski definition) is 0. The molecule has 0 aromatic heterocycles. The summed E-state index contributed by atoms with van der Waals surface area (Å²) in [7, 11) is 0. The first-order valence-electron chi connectivity index (χ1n) is 4.31. The topological polar surface area (TPSA) is 0 Å². The van der Waals surface area contributed by atoms with Gasteiger partial charge in [0.05, 0.1) is 0 Å². The molecule has 0 amide bonds. The summed E-state index contributed by atoms with van der Waals surface area (Å²) in [5.41, 5.74) is 0.777. The van der Waals surface area contributed by atoms with Crippen LogP contribution in [0.25, 0.3) is 0 Å². The summed E-state index contributed by atoms with van der Waals surface area (Å²) >= 11 is 2.38. The second kappa shape index (κ2) is 1.52. The van der Waals surface area contributed by atoms with Crippen molar-refractivity contribution in [2.75, 3.05) is 0 Å².